The van der Waals surface area contributed by atoms with Crippen molar-refractivity contribution in [3.63, 3.8) is 0 Å². The van der Waals surface area contributed by atoms with Crippen LogP contribution >= 0.6 is 11.9 Å². The number of hydrogen-bond donors (Lipinski definition) is 1. The van der Waals surface area contributed by atoms with E-state index in [4.69, 9.17) is 0 Å². The van der Waals surface area contributed by atoms with Crippen molar-refractivity contribution < 1.29 is 26.3 Å². The van der Waals surface area contributed by atoms with Crippen LogP contribution in [0.4, 0.5) is 32.3 Å². The van der Waals surface area contributed by atoms with Gasteiger partial charge in [-0.15, -0.1) is 0 Å². The third kappa shape index (κ3) is 6.56. The number of halogens is 6. The Morgan fingerprint density at radius 2 is 1.74 bits per heavy atom. The van der Waals surface area contributed by atoms with Crippen molar-refractivity contribution in [2.24, 2.45) is 0 Å². The maximum atomic E-state index is 13.8. The fourth-order valence-corrected chi connectivity index (χ4v) is 4.69. The van der Waals surface area contributed by atoms with Gasteiger partial charge in [-0.2, -0.15) is 26.3 Å². The zero-order valence-electron chi connectivity index (χ0n) is 20.8. The number of rotatable bonds is 7. The minimum Gasteiger partial charge on any atom is -0.351 e. The van der Waals surface area contributed by atoms with Gasteiger partial charge in [0.15, 0.2) is 5.69 Å². The van der Waals surface area contributed by atoms with Gasteiger partial charge in [0.2, 0.25) is 5.95 Å². The molecule has 0 unspecified atom stereocenters. The number of piperidine rings is 1. The first-order valence-corrected chi connectivity index (χ1v) is 12.8. The van der Waals surface area contributed by atoms with Crippen LogP contribution < -0.4 is 5.32 Å². The van der Waals surface area contributed by atoms with Gasteiger partial charge < -0.3 is 14.8 Å². The summed E-state index contributed by atoms with van der Waals surface area (Å²) in [6.45, 7) is 1.79. The molecule has 15 heteroatoms. The summed E-state index contributed by atoms with van der Waals surface area (Å²) in [5.41, 5.74) is -3.24. The first-order chi connectivity index (χ1) is 17.8. The molecule has 0 aromatic carbocycles. The van der Waals surface area contributed by atoms with Crippen molar-refractivity contribution in [3.05, 3.63) is 47.8 Å². The molecule has 1 N–H and O–H groups in total. The molecule has 8 nitrogen and oxygen atoms in total. The third-order valence-corrected chi connectivity index (χ3v) is 6.80. The average molecular weight is 561 g/mol. The van der Waals surface area contributed by atoms with Crippen molar-refractivity contribution in [2.75, 3.05) is 38.8 Å². The van der Waals surface area contributed by atoms with Crippen molar-refractivity contribution in [1.82, 2.24) is 33.7 Å². The minimum atomic E-state index is -4.80. The van der Waals surface area contributed by atoms with Crippen molar-refractivity contribution in [1.29, 1.82) is 0 Å². The van der Waals surface area contributed by atoms with E-state index in [1.54, 1.807) is 30.9 Å². The zero-order chi connectivity index (χ0) is 27.7. The van der Waals surface area contributed by atoms with E-state index in [9.17, 15) is 26.3 Å². The van der Waals surface area contributed by atoms with E-state index in [1.165, 1.54) is 12.1 Å². The predicted octanol–water partition coefficient (Wildman–Crippen LogP) is 4.98. The van der Waals surface area contributed by atoms with Crippen LogP contribution in [0.15, 0.2) is 30.9 Å². The summed E-state index contributed by atoms with van der Waals surface area (Å²) in [6, 6.07) is 2.63. The maximum Gasteiger partial charge on any atom is 0.435 e. The molecule has 4 rings (SSSR count). The molecule has 1 fully saturated rings. The van der Waals surface area contributed by atoms with Crippen molar-refractivity contribution in [3.8, 4) is 17.1 Å². The highest BCUT2D eigenvalue weighted by Gasteiger charge is 2.38. The van der Waals surface area contributed by atoms with E-state index in [1.807, 2.05) is 6.26 Å². The Morgan fingerprint density at radius 3 is 2.34 bits per heavy atom. The molecule has 1 aliphatic heterocycles. The normalized spacial score (nSPS) is 15.8. The first kappa shape index (κ1) is 28.1. The molecule has 3 aromatic heterocycles. The quantitative estimate of drug-likeness (QED) is 0.321. The van der Waals surface area contributed by atoms with Crippen LogP contribution in [0.5, 0.6) is 0 Å². The van der Waals surface area contributed by atoms with Gasteiger partial charge in [-0.1, -0.05) is 11.9 Å². The second-order valence-electron chi connectivity index (χ2n) is 9.06. The van der Waals surface area contributed by atoms with Gasteiger partial charge in [0, 0.05) is 38.1 Å². The number of hydrogen-bond acceptors (Lipinski definition) is 8. The number of imidazole rings is 1. The lowest BCUT2D eigenvalue weighted by atomic mass is 10.1. The highest BCUT2D eigenvalue weighted by Crippen LogP contribution is 2.37. The summed E-state index contributed by atoms with van der Waals surface area (Å²) in [4.78, 5) is 17.3. The lowest BCUT2D eigenvalue weighted by molar-refractivity contribution is -0.141. The highest BCUT2D eigenvalue weighted by molar-refractivity contribution is 7.96. The largest absolute Gasteiger partial charge is 0.435 e. The van der Waals surface area contributed by atoms with Crippen LogP contribution in [0.3, 0.4) is 0 Å². The first-order valence-electron chi connectivity index (χ1n) is 11.6. The minimum absolute atomic E-state index is 0.00385. The van der Waals surface area contributed by atoms with E-state index in [2.05, 4.69) is 29.6 Å². The SMILES string of the molecule is CSN1CCC(Nc2ncc(C(F)(F)F)c(-c3cn(-c4ccc(CN(C)C)nc4C(F)(F)F)cn3)n2)CC1. The van der Waals surface area contributed by atoms with Gasteiger partial charge in [0.25, 0.3) is 0 Å². The monoisotopic (exact) mass is 560 g/mol. The fraction of sp³-hybridized carbons (Fsp3) is 0.478. The number of nitrogens with one attached hydrogen (secondary N) is 1. The standard InChI is InChI=1S/C23H26F6N8S/c1-35(2)11-15-4-5-18(20(32-15)23(27,28)29)36-12-17(31-13-36)19-16(22(24,25)26)10-30-21(34-19)33-14-6-8-37(38-3)9-7-14/h4-5,10,12-14H,6-9,11H2,1-3H3,(H,30,33,34). The Hall–Kier alpha value is -2.91. The molecule has 206 valence electrons. The van der Waals surface area contributed by atoms with Crippen LogP contribution in [-0.2, 0) is 18.9 Å². The Bertz CT molecular complexity index is 1250. The predicted molar refractivity (Wildman–Crippen MR) is 132 cm³/mol. The molecule has 0 bridgehead atoms. The molecule has 0 spiro atoms. The van der Waals surface area contributed by atoms with Gasteiger partial charge in [-0.3, -0.25) is 4.31 Å². The number of pyridine rings is 1. The second kappa shape index (κ2) is 11.1. The molecule has 0 amide bonds. The summed E-state index contributed by atoms with van der Waals surface area (Å²) in [5.74, 6) is -0.00385. The molecule has 3 aromatic rings. The lowest BCUT2D eigenvalue weighted by Gasteiger charge is -2.30. The lowest BCUT2D eigenvalue weighted by Crippen LogP contribution is -2.35. The summed E-state index contributed by atoms with van der Waals surface area (Å²) >= 11 is 1.63. The van der Waals surface area contributed by atoms with E-state index >= 15 is 0 Å². The Kier molecular flexibility index (Phi) is 8.18. The van der Waals surface area contributed by atoms with Crippen LogP contribution in [0, 0.1) is 0 Å². The Labute approximate surface area is 219 Å². The molecular weight excluding hydrogens is 534 g/mol. The summed E-state index contributed by atoms with van der Waals surface area (Å²) in [6.07, 6.45) is -3.34. The molecule has 1 saturated heterocycles. The van der Waals surface area contributed by atoms with E-state index in [0.717, 1.165) is 43.0 Å². The average Bonchev–Trinajstić information content (AvgIpc) is 3.33. The highest BCUT2D eigenvalue weighted by atomic mass is 32.2. The van der Waals surface area contributed by atoms with E-state index in [-0.39, 0.29) is 35.6 Å². The second-order valence-corrected chi connectivity index (χ2v) is 9.94. The number of alkyl halides is 6. The van der Waals surface area contributed by atoms with Gasteiger partial charge in [-0.25, -0.2) is 19.9 Å². The molecule has 0 radical (unpaired) electrons. The van der Waals surface area contributed by atoms with Crippen molar-refractivity contribution >= 4 is 17.9 Å². The summed E-state index contributed by atoms with van der Waals surface area (Å²) in [5, 5.41) is 3.08. The summed E-state index contributed by atoms with van der Waals surface area (Å²) in [7, 11) is 3.39. The third-order valence-electron chi connectivity index (χ3n) is 5.92. The number of nitrogens with zero attached hydrogens (tertiary/aromatic N) is 7. The van der Waals surface area contributed by atoms with Crippen LogP contribution in [0.25, 0.3) is 17.1 Å². The van der Waals surface area contributed by atoms with Gasteiger partial charge in [0.05, 0.1) is 11.4 Å². The maximum absolute atomic E-state index is 13.8. The fourth-order valence-electron chi connectivity index (χ4n) is 4.12. The topological polar surface area (TPSA) is 75.0 Å². The molecule has 38 heavy (non-hydrogen) atoms. The van der Waals surface area contributed by atoms with Crippen LogP contribution in [-0.4, -0.2) is 73.2 Å². The molecule has 0 aliphatic carbocycles. The smallest absolute Gasteiger partial charge is 0.351 e. The number of aromatic nitrogens is 5. The van der Waals surface area contributed by atoms with Gasteiger partial charge in [-0.05, 0) is 45.3 Å². The van der Waals surface area contributed by atoms with Crippen LogP contribution in [0.1, 0.15) is 29.8 Å². The van der Waals surface area contributed by atoms with E-state index < -0.39 is 29.3 Å². The van der Waals surface area contributed by atoms with Gasteiger partial charge in [0.1, 0.15) is 23.3 Å². The molecule has 0 saturated carbocycles. The Morgan fingerprint density at radius 1 is 1.03 bits per heavy atom. The molecule has 1 aliphatic rings. The molecule has 0 atom stereocenters. The molecular formula is C23H26F6N8S. The number of anilines is 1. The molecule has 4 heterocycles. The summed E-state index contributed by atoms with van der Waals surface area (Å²) < 4.78 is 86.1. The van der Waals surface area contributed by atoms with E-state index in [0.29, 0.717) is 6.20 Å². The van der Waals surface area contributed by atoms with Gasteiger partial charge >= 0.3 is 12.4 Å². The Balaban J connectivity index is 1.69. The van der Waals surface area contributed by atoms with Crippen molar-refractivity contribution in [2.45, 2.75) is 37.8 Å². The van der Waals surface area contributed by atoms with Crippen LogP contribution in [0.2, 0.25) is 0 Å². The zero-order valence-corrected chi connectivity index (χ0v) is 21.6.